The van der Waals surface area contributed by atoms with Crippen LogP contribution in [0.3, 0.4) is 0 Å². The largest absolute Gasteiger partial charge is 0.496 e. The zero-order valence-corrected chi connectivity index (χ0v) is 13.2. The van der Waals surface area contributed by atoms with E-state index in [1.165, 1.54) is 0 Å². The molecule has 0 atom stereocenters. The Morgan fingerprint density at radius 3 is 2.14 bits per heavy atom. The molecule has 1 N–H and O–H groups in total. The van der Waals surface area contributed by atoms with Crippen LogP contribution in [0.5, 0.6) is 11.5 Å². The van der Waals surface area contributed by atoms with Gasteiger partial charge in [0.1, 0.15) is 11.5 Å². The lowest BCUT2D eigenvalue weighted by molar-refractivity contribution is -0.116. The smallest absolute Gasteiger partial charge is 0.224 e. The first kappa shape index (κ1) is 15.9. The highest BCUT2D eigenvalue weighted by Gasteiger charge is 2.12. The van der Waals surface area contributed by atoms with Gasteiger partial charge in [-0.15, -0.1) is 0 Å². The van der Waals surface area contributed by atoms with E-state index in [0.717, 1.165) is 28.3 Å². The number of nitrogens with one attached hydrogen (secondary N) is 1. The number of carbonyl (C=O) groups excluding carboxylic acids is 1. The molecule has 0 aliphatic heterocycles. The van der Waals surface area contributed by atoms with Gasteiger partial charge in [0.25, 0.3) is 0 Å². The molecule has 4 heteroatoms. The minimum absolute atomic E-state index is 0.0307. The molecule has 0 unspecified atom stereocenters. The predicted octanol–water partition coefficient (Wildman–Crippen LogP) is 3.58. The number of anilines is 1. The standard InChI is InChI=1S/C18H21NO3/c1-13-7-9-14(10-8-13)19-18(20)12-11-15-16(21-2)5-4-6-17(15)22-3/h4-10H,11-12H2,1-3H3,(H,19,20). The summed E-state index contributed by atoms with van der Waals surface area (Å²) < 4.78 is 10.7. The minimum atomic E-state index is -0.0307. The lowest BCUT2D eigenvalue weighted by atomic mass is 10.1. The van der Waals surface area contributed by atoms with Crippen LogP contribution in [0.1, 0.15) is 17.5 Å². The molecular formula is C18H21NO3. The fourth-order valence-electron chi connectivity index (χ4n) is 2.27. The molecule has 0 spiro atoms. The molecular weight excluding hydrogens is 278 g/mol. The van der Waals surface area contributed by atoms with Crippen molar-refractivity contribution in [3.05, 3.63) is 53.6 Å². The maximum atomic E-state index is 12.1. The molecule has 4 nitrogen and oxygen atoms in total. The van der Waals surface area contributed by atoms with Gasteiger partial charge in [-0.1, -0.05) is 23.8 Å². The van der Waals surface area contributed by atoms with Crippen molar-refractivity contribution in [2.75, 3.05) is 19.5 Å². The quantitative estimate of drug-likeness (QED) is 0.887. The molecule has 0 bridgehead atoms. The van der Waals surface area contributed by atoms with Crippen molar-refractivity contribution in [3.63, 3.8) is 0 Å². The van der Waals surface area contributed by atoms with Gasteiger partial charge >= 0.3 is 0 Å². The summed E-state index contributed by atoms with van der Waals surface area (Å²) in [6.07, 6.45) is 0.926. The summed E-state index contributed by atoms with van der Waals surface area (Å²) in [6, 6.07) is 13.4. The monoisotopic (exact) mass is 299 g/mol. The Labute approximate surface area is 131 Å². The third-order valence-electron chi connectivity index (χ3n) is 3.47. The van der Waals surface area contributed by atoms with Crippen molar-refractivity contribution in [3.8, 4) is 11.5 Å². The highest BCUT2D eigenvalue weighted by Crippen LogP contribution is 2.29. The number of rotatable bonds is 6. The number of methoxy groups -OCH3 is 2. The number of amides is 1. The van der Waals surface area contributed by atoms with Crippen LogP contribution < -0.4 is 14.8 Å². The van der Waals surface area contributed by atoms with E-state index < -0.39 is 0 Å². The zero-order valence-electron chi connectivity index (χ0n) is 13.2. The van der Waals surface area contributed by atoms with Gasteiger partial charge in [-0.3, -0.25) is 4.79 Å². The molecule has 0 aromatic heterocycles. The van der Waals surface area contributed by atoms with Crippen LogP contribution in [0.2, 0.25) is 0 Å². The number of hydrogen-bond donors (Lipinski definition) is 1. The van der Waals surface area contributed by atoms with Gasteiger partial charge in [-0.05, 0) is 37.6 Å². The van der Waals surface area contributed by atoms with Crippen molar-refractivity contribution in [2.24, 2.45) is 0 Å². The van der Waals surface area contributed by atoms with E-state index in [4.69, 9.17) is 9.47 Å². The van der Waals surface area contributed by atoms with E-state index in [1.54, 1.807) is 14.2 Å². The Bertz CT molecular complexity index is 613. The van der Waals surface area contributed by atoms with Gasteiger partial charge < -0.3 is 14.8 Å². The molecule has 0 fully saturated rings. The third kappa shape index (κ3) is 4.01. The second-order valence-electron chi connectivity index (χ2n) is 5.06. The second kappa shape index (κ2) is 7.50. The molecule has 0 saturated carbocycles. The van der Waals surface area contributed by atoms with E-state index in [9.17, 15) is 4.79 Å². The summed E-state index contributed by atoms with van der Waals surface area (Å²) in [7, 11) is 3.23. The minimum Gasteiger partial charge on any atom is -0.496 e. The lowest BCUT2D eigenvalue weighted by Gasteiger charge is -2.13. The third-order valence-corrected chi connectivity index (χ3v) is 3.47. The summed E-state index contributed by atoms with van der Waals surface area (Å²) in [4.78, 5) is 12.1. The van der Waals surface area contributed by atoms with E-state index >= 15 is 0 Å². The summed E-state index contributed by atoms with van der Waals surface area (Å²) >= 11 is 0. The predicted molar refractivity (Wildman–Crippen MR) is 87.7 cm³/mol. The summed E-state index contributed by atoms with van der Waals surface area (Å²) in [5.41, 5.74) is 2.88. The number of aryl methyl sites for hydroxylation is 1. The Balaban J connectivity index is 2.00. The molecule has 2 aromatic rings. The highest BCUT2D eigenvalue weighted by atomic mass is 16.5. The molecule has 1 amide bonds. The second-order valence-corrected chi connectivity index (χ2v) is 5.06. The van der Waals surface area contributed by atoms with Gasteiger partial charge in [0, 0.05) is 17.7 Å². The van der Waals surface area contributed by atoms with Crippen molar-refractivity contribution >= 4 is 11.6 Å². The fourth-order valence-corrected chi connectivity index (χ4v) is 2.27. The maximum Gasteiger partial charge on any atom is 0.224 e. The first-order chi connectivity index (χ1) is 10.6. The molecule has 0 saturated heterocycles. The molecule has 22 heavy (non-hydrogen) atoms. The first-order valence-corrected chi connectivity index (χ1v) is 7.20. The van der Waals surface area contributed by atoms with E-state index in [1.807, 2.05) is 49.4 Å². The van der Waals surface area contributed by atoms with Crippen LogP contribution in [-0.2, 0) is 11.2 Å². The number of carbonyl (C=O) groups is 1. The Kier molecular flexibility index (Phi) is 5.42. The van der Waals surface area contributed by atoms with Gasteiger partial charge in [-0.2, -0.15) is 0 Å². The van der Waals surface area contributed by atoms with E-state index in [-0.39, 0.29) is 5.91 Å². The van der Waals surface area contributed by atoms with Crippen molar-refractivity contribution in [2.45, 2.75) is 19.8 Å². The van der Waals surface area contributed by atoms with Crippen LogP contribution in [0, 0.1) is 6.92 Å². The summed E-state index contributed by atoms with van der Waals surface area (Å²) in [5, 5.41) is 2.89. The molecule has 116 valence electrons. The van der Waals surface area contributed by atoms with Gasteiger partial charge in [0.15, 0.2) is 0 Å². The lowest BCUT2D eigenvalue weighted by Crippen LogP contribution is -2.12. The normalized spacial score (nSPS) is 10.1. The van der Waals surface area contributed by atoms with E-state index in [0.29, 0.717) is 12.8 Å². The average molecular weight is 299 g/mol. The Morgan fingerprint density at radius 2 is 1.59 bits per heavy atom. The summed E-state index contributed by atoms with van der Waals surface area (Å²) in [5.74, 6) is 1.45. The molecule has 2 rings (SSSR count). The van der Waals surface area contributed by atoms with Crippen LogP contribution in [0.15, 0.2) is 42.5 Å². The van der Waals surface area contributed by atoms with Gasteiger partial charge in [0.2, 0.25) is 5.91 Å². The average Bonchev–Trinajstić information content (AvgIpc) is 2.54. The number of ether oxygens (including phenoxy) is 2. The van der Waals surface area contributed by atoms with Gasteiger partial charge in [0.05, 0.1) is 14.2 Å². The zero-order chi connectivity index (χ0) is 15.9. The van der Waals surface area contributed by atoms with Crippen molar-refractivity contribution in [1.29, 1.82) is 0 Å². The molecule has 2 aromatic carbocycles. The molecule has 0 aliphatic carbocycles. The van der Waals surface area contributed by atoms with Crippen molar-refractivity contribution < 1.29 is 14.3 Å². The van der Waals surface area contributed by atoms with Crippen LogP contribution in [0.4, 0.5) is 5.69 Å². The SMILES string of the molecule is COc1cccc(OC)c1CCC(=O)Nc1ccc(C)cc1. The molecule has 0 heterocycles. The van der Waals surface area contributed by atoms with Crippen LogP contribution >= 0.6 is 0 Å². The Morgan fingerprint density at radius 1 is 1.00 bits per heavy atom. The van der Waals surface area contributed by atoms with E-state index in [2.05, 4.69) is 5.32 Å². The highest BCUT2D eigenvalue weighted by molar-refractivity contribution is 5.90. The van der Waals surface area contributed by atoms with Crippen LogP contribution in [-0.4, -0.2) is 20.1 Å². The maximum absolute atomic E-state index is 12.1. The topological polar surface area (TPSA) is 47.6 Å². The molecule has 0 radical (unpaired) electrons. The van der Waals surface area contributed by atoms with Crippen LogP contribution in [0.25, 0.3) is 0 Å². The van der Waals surface area contributed by atoms with Crippen molar-refractivity contribution in [1.82, 2.24) is 0 Å². The van der Waals surface area contributed by atoms with Gasteiger partial charge in [-0.25, -0.2) is 0 Å². The summed E-state index contributed by atoms with van der Waals surface area (Å²) in [6.45, 7) is 2.01. The molecule has 0 aliphatic rings. The fraction of sp³-hybridized carbons (Fsp3) is 0.278. The number of hydrogen-bond acceptors (Lipinski definition) is 3. The number of benzene rings is 2. The first-order valence-electron chi connectivity index (χ1n) is 7.20. The Hall–Kier alpha value is -2.49.